The predicted molar refractivity (Wildman–Crippen MR) is 74.9 cm³/mol. The highest BCUT2D eigenvalue weighted by atomic mass is 16.1. The molecule has 1 amide bonds. The summed E-state index contributed by atoms with van der Waals surface area (Å²) in [4.78, 5) is 16.3. The van der Waals surface area contributed by atoms with Crippen LogP contribution in [0, 0.1) is 12.3 Å². The van der Waals surface area contributed by atoms with Crippen molar-refractivity contribution in [1.29, 1.82) is 0 Å². The average molecular weight is 249 g/mol. The number of carbonyl (C=O) groups excluding carboxylic acids is 1. The van der Waals surface area contributed by atoms with Crippen LogP contribution in [0.4, 0.5) is 5.69 Å². The third-order valence-corrected chi connectivity index (χ3v) is 2.43. The number of nitrogens with zero attached hydrogens (tertiary/aromatic N) is 1. The number of rotatable bonds is 4. The Balaban J connectivity index is 2.84. The first-order chi connectivity index (χ1) is 8.33. The van der Waals surface area contributed by atoms with Gasteiger partial charge in [0.05, 0.1) is 11.3 Å². The van der Waals surface area contributed by atoms with Gasteiger partial charge in [-0.1, -0.05) is 20.8 Å². The van der Waals surface area contributed by atoms with E-state index in [1.165, 1.54) is 0 Å². The van der Waals surface area contributed by atoms with Gasteiger partial charge in [0.1, 0.15) is 0 Å². The number of carbonyl (C=O) groups is 1. The molecule has 18 heavy (non-hydrogen) atoms. The molecule has 1 heterocycles. The van der Waals surface area contributed by atoms with Crippen LogP contribution in [-0.2, 0) is 0 Å². The van der Waals surface area contributed by atoms with E-state index < -0.39 is 0 Å². The summed E-state index contributed by atoms with van der Waals surface area (Å²) in [6.07, 6.45) is 1.63. The molecule has 1 aromatic heterocycles. The molecule has 0 bridgehead atoms. The quantitative estimate of drug-likeness (QED) is 0.862. The number of aromatic nitrogens is 1. The molecule has 0 aliphatic heterocycles. The van der Waals surface area contributed by atoms with Crippen molar-refractivity contribution in [2.45, 2.75) is 34.6 Å². The highest BCUT2D eigenvalue weighted by Crippen LogP contribution is 2.16. The number of anilines is 1. The summed E-state index contributed by atoms with van der Waals surface area (Å²) in [5.74, 6) is -0.0756. The fourth-order valence-electron chi connectivity index (χ4n) is 1.52. The molecule has 0 atom stereocenters. The van der Waals surface area contributed by atoms with Crippen LogP contribution in [0.1, 0.15) is 43.7 Å². The number of hydrogen-bond acceptors (Lipinski definition) is 3. The molecule has 2 N–H and O–H groups in total. The van der Waals surface area contributed by atoms with Crippen molar-refractivity contribution in [3.8, 4) is 0 Å². The second kappa shape index (κ2) is 5.85. The second-order valence-electron chi connectivity index (χ2n) is 5.64. The van der Waals surface area contributed by atoms with E-state index in [1.807, 2.05) is 19.9 Å². The van der Waals surface area contributed by atoms with Crippen molar-refractivity contribution in [2.24, 2.45) is 5.41 Å². The van der Waals surface area contributed by atoms with Gasteiger partial charge < -0.3 is 10.6 Å². The van der Waals surface area contributed by atoms with Crippen LogP contribution in [0.15, 0.2) is 12.3 Å². The topological polar surface area (TPSA) is 54.0 Å². The Hall–Kier alpha value is -1.58. The van der Waals surface area contributed by atoms with Crippen molar-refractivity contribution >= 4 is 11.6 Å². The Bertz CT molecular complexity index is 422. The molecule has 1 rings (SSSR count). The standard InChI is InChI=1S/C14H23N3O/c1-6-15-12-7-10(2)16-8-11(12)13(18)17-9-14(3,4)5/h7-8H,6,9H2,1-5H3,(H,15,16)(H,17,18). The normalized spacial score (nSPS) is 11.2. The zero-order valence-corrected chi connectivity index (χ0v) is 11.9. The zero-order chi connectivity index (χ0) is 13.8. The van der Waals surface area contributed by atoms with Gasteiger partial charge in [-0.25, -0.2) is 0 Å². The van der Waals surface area contributed by atoms with Gasteiger partial charge >= 0.3 is 0 Å². The second-order valence-corrected chi connectivity index (χ2v) is 5.64. The Kier molecular flexibility index (Phi) is 4.70. The summed E-state index contributed by atoms with van der Waals surface area (Å²) in [5.41, 5.74) is 2.42. The number of hydrogen-bond donors (Lipinski definition) is 2. The first-order valence-electron chi connectivity index (χ1n) is 6.32. The van der Waals surface area contributed by atoms with Gasteiger partial charge in [-0.3, -0.25) is 9.78 Å². The van der Waals surface area contributed by atoms with E-state index in [1.54, 1.807) is 6.20 Å². The minimum absolute atomic E-state index is 0.0755. The van der Waals surface area contributed by atoms with E-state index in [0.717, 1.165) is 17.9 Å². The molecule has 100 valence electrons. The molecule has 0 spiro atoms. The Labute approximate surface area is 109 Å². The van der Waals surface area contributed by atoms with E-state index in [4.69, 9.17) is 0 Å². The van der Waals surface area contributed by atoms with E-state index >= 15 is 0 Å². The van der Waals surface area contributed by atoms with Crippen LogP contribution < -0.4 is 10.6 Å². The first-order valence-corrected chi connectivity index (χ1v) is 6.32. The highest BCUT2D eigenvalue weighted by Gasteiger charge is 2.15. The number of amides is 1. The van der Waals surface area contributed by atoms with Crippen molar-refractivity contribution in [3.05, 3.63) is 23.5 Å². The Morgan fingerprint density at radius 2 is 2.06 bits per heavy atom. The van der Waals surface area contributed by atoms with E-state index in [9.17, 15) is 4.79 Å². The summed E-state index contributed by atoms with van der Waals surface area (Å²) in [5, 5.41) is 6.13. The lowest BCUT2D eigenvalue weighted by atomic mass is 9.97. The van der Waals surface area contributed by atoms with Gasteiger partial charge in [0.25, 0.3) is 5.91 Å². The van der Waals surface area contributed by atoms with Crippen LogP contribution in [0.3, 0.4) is 0 Å². The molecule has 4 nitrogen and oxygen atoms in total. The zero-order valence-electron chi connectivity index (χ0n) is 11.9. The van der Waals surface area contributed by atoms with Crippen LogP contribution in [0.5, 0.6) is 0 Å². The molecule has 0 aromatic carbocycles. The van der Waals surface area contributed by atoms with Crippen molar-refractivity contribution < 1.29 is 4.79 Å². The fourth-order valence-corrected chi connectivity index (χ4v) is 1.52. The van der Waals surface area contributed by atoms with Gasteiger partial charge in [0.2, 0.25) is 0 Å². The molecule has 0 saturated heterocycles. The molecule has 0 fully saturated rings. The lowest BCUT2D eigenvalue weighted by Crippen LogP contribution is -2.32. The van der Waals surface area contributed by atoms with Crippen molar-refractivity contribution in [1.82, 2.24) is 10.3 Å². The van der Waals surface area contributed by atoms with Gasteiger partial charge in [0, 0.05) is 25.0 Å². The average Bonchev–Trinajstić information content (AvgIpc) is 2.25. The van der Waals surface area contributed by atoms with Crippen LogP contribution in [0.2, 0.25) is 0 Å². The van der Waals surface area contributed by atoms with Gasteiger partial charge in [0.15, 0.2) is 0 Å². The van der Waals surface area contributed by atoms with Crippen molar-refractivity contribution in [2.75, 3.05) is 18.4 Å². The molecule has 0 saturated carbocycles. The van der Waals surface area contributed by atoms with E-state index in [0.29, 0.717) is 12.1 Å². The summed E-state index contributed by atoms with van der Waals surface area (Å²) in [6.45, 7) is 11.6. The molecule has 0 radical (unpaired) electrons. The maximum atomic E-state index is 12.1. The van der Waals surface area contributed by atoms with Gasteiger partial charge in [-0.05, 0) is 25.3 Å². The first kappa shape index (κ1) is 14.5. The molecular formula is C14H23N3O. The SMILES string of the molecule is CCNc1cc(C)ncc1C(=O)NCC(C)(C)C. The maximum absolute atomic E-state index is 12.1. The van der Waals surface area contributed by atoms with Crippen LogP contribution in [-0.4, -0.2) is 24.0 Å². The third kappa shape index (κ3) is 4.35. The Morgan fingerprint density at radius 1 is 1.39 bits per heavy atom. The van der Waals surface area contributed by atoms with Gasteiger partial charge in [-0.2, -0.15) is 0 Å². The minimum atomic E-state index is -0.0756. The highest BCUT2D eigenvalue weighted by molar-refractivity contribution is 5.99. The predicted octanol–water partition coefficient (Wildman–Crippen LogP) is 2.60. The number of aryl methyl sites for hydroxylation is 1. The summed E-state index contributed by atoms with van der Waals surface area (Å²) >= 11 is 0. The molecular weight excluding hydrogens is 226 g/mol. The molecule has 0 aliphatic carbocycles. The largest absolute Gasteiger partial charge is 0.385 e. The summed E-state index contributed by atoms with van der Waals surface area (Å²) in [6, 6.07) is 1.90. The monoisotopic (exact) mass is 249 g/mol. The molecule has 0 aliphatic rings. The summed E-state index contributed by atoms with van der Waals surface area (Å²) in [7, 11) is 0. The fraction of sp³-hybridized carbons (Fsp3) is 0.571. The van der Waals surface area contributed by atoms with Gasteiger partial charge in [-0.15, -0.1) is 0 Å². The number of nitrogens with one attached hydrogen (secondary N) is 2. The maximum Gasteiger partial charge on any atom is 0.254 e. The molecule has 0 unspecified atom stereocenters. The molecule has 1 aromatic rings. The van der Waals surface area contributed by atoms with Crippen molar-refractivity contribution in [3.63, 3.8) is 0 Å². The summed E-state index contributed by atoms with van der Waals surface area (Å²) < 4.78 is 0. The lowest BCUT2D eigenvalue weighted by Gasteiger charge is -2.19. The van der Waals surface area contributed by atoms with E-state index in [2.05, 4.69) is 36.4 Å². The number of pyridine rings is 1. The third-order valence-electron chi connectivity index (χ3n) is 2.43. The van der Waals surface area contributed by atoms with Crippen LogP contribution in [0.25, 0.3) is 0 Å². The van der Waals surface area contributed by atoms with E-state index in [-0.39, 0.29) is 11.3 Å². The molecule has 4 heteroatoms. The smallest absolute Gasteiger partial charge is 0.254 e. The lowest BCUT2D eigenvalue weighted by molar-refractivity contribution is 0.0940. The van der Waals surface area contributed by atoms with Crippen LogP contribution >= 0.6 is 0 Å². The Morgan fingerprint density at radius 3 is 2.61 bits per heavy atom. The minimum Gasteiger partial charge on any atom is -0.385 e.